The zero-order valence-electron chi connectivity index (χ0n) is 23.8. The lowest BCUT2D eigenvalue weighted by Gasteiger charge is -2.36. The third-order valence-electron chi connectivity index (χ3n) is 8.13. The molecule has 0 atom stereocenters. The van der Waals surface area contributed by atoms with Gasteiger partial charge in [0, 0.05) is 23.9 Å². The second kappa shape index (κ2) is 10.9. The number of benzene rings is 4. The highest BCUT2D eigenvalue weighted by molar-refractivity contribution is 7.99. The minimum absolute atomic E-state index is 0.0169. The van der Waals surface area contributed by atoms with E-state index in [1.807, 2.05) is 18.6 Å². The molecule has 0 unspecified atom stereocenters. The molecule has 0 radical (unpaired) electrons. The van der Waals surface area contributed by atoms with Crippen LogP contribution < -0.4 is 4.31 Å². The van der Waals surface area contributed by atoms with Crippen molar-refractivity contribution in [3.8, 4) is 33.5 Å². The summed E-state index contributed by atoms with van der Waals surface area (Å²) in [6, 6.07) is 25.6. The number of carboxylic acid groups (broad SMARTS) is 1. The molecule has 206 valence electrons. The summed E-state index contributed by atoms with van der Waals surface area (Å²) in [5.74, 6) is -0.818. The molecule has 1 N–H and O–H groups in total. The Morgan fingerprint density at radius 1 is 0.927 bits per heavy atom. The Morgan fingerprint density at radius 2 is 1.66 bits per heavy atom. The summed E-state index contributed by atoms with van der Waals surface area (Å²) in [5.41, 5.74) is 14.4. The number of fused-ring (bicyclic) bond motifs is 3. The Labute approximate surface area is 245 Å². The van der Waals surface area contributed by atoms with E-state index in [-0.39, 0.29) is 6.42 Å². The van der Waals surface area contributed by atoms with Crippen molar-refractivity contribution in [2.75, 3.05) is 10.6 Å². The van der Waals surface area contributed by atoms with Crippen molar-refractivity contribution in [3.05, 3.63) is 119 Å². The number of hydrogen-bond donors (Lipinski definition) is 1. The summed E-state index contributed by atoms with van der Waals surface area (Å²) < 4.78 is 4.50. The van der Waals surface area contributed by atoms with Gasteiger partial charge in [-0.2, -0.15) is 0 Å². The first kappa shape index (κ1) is 26.9. The molecule has 5 nitrogen and oxygen atoms in total. The number of hydrogen-bond acceptors (Lipinski definition) is 4. The molecule has 2 heterocycles. The van der Waals surface area contributed by atoms with E-state index < -0.39 is 5.97 Å². The number of rotatable bonds is 7. The van der Waals surface area contributed by atoms with Crippen LogP contribution in [-0.4, -0.2) is 26.9 Å². The Hall–Kier alpha value is -4.29. The van der Waals surface area contributed by atoms with E-state index in [9.17, 15) is 9.90 Å². The molecular formula is C35H33N3O2S. The van der Waals surface area contributed by atoms with Gasteiger partial charge in [-0.05, 0) is 71.3 Å². The second-order valence-electron chi connectivity index (χ2n) is 10.7. The van der Waals surface area contributed by atoms with E-state index in [2.05, 4.69) is 108 Å². The SMILES string of the molecule is CSN1Cc2ccc(-c3cncn3Cc3ccccc3)cc2-c2c(C)c(-c3ccc(C)cc3)c(CC(=O)O)c(C)c21. The van der Waals surface area contributed by atoms with Crippen LogP contribution >= 0.6 is 11.9 Å². The fourth-order valence-electron chi connectivity index (χ4n) is 6.13. The first-order chi connectivity index (χ1) is 19.9. The lowest BCUT2D eigenvalue weighted by Crippen LogP contribution is -2.22. The summed E-state index contributed by atoms with van der Waals surface area (Å²) in [4.78, 5) is 16.6. The largest absolute Gasteiger partial charge is 0.481 e. The van der Waals surface area contributed by atoms with Crippen molar-refractivity contribution < 1.29 is 9.90 Å². The number of carbonyl (C=O) groups is 1. The maximum Gasteiger partial charge on any atom is 0.307 e. The summed E-state index contributed by atoms with van der Waals surface area (Å²) in [7, 11) is 0. The number of anilines is 1. The maximum atomic E-state index is 12.1. The highest BCUT2D eigenvalue weighted by atomic mass is 32.2. The van der Waals surface area contributed by atoms with Crippen LogP contribution in [-0.2, 0) is 24.3 Å². The van der Waals surface area contributed by atoms with Crippen molar-refractivity contribution in [1.29, 1.82) is 0 Å². The van der Waals surface area contributed by atoms with Crippen LogP contribution in [0.3, 0.4) is 0 Å². The van der Waals surface area contributed by atoms with Gasteiger partial charge < -0.3 is 14.0 Å². The molecule has 1 aliphatic rings. The molecule has 0 bridgehead atoms. The smallest absolute Gasteiger partial charge is 0.307 e. The summed E-state index contributed by atoms with van der Waals surface area (Å²) in [5, 5.41) is 9.93. The van der Waals surface area contributed by atoms with Crippen molar-refractivity contribution in [2.24, 2.45) is 0 Å². The van der Waals surface area contributed by atoms with Gasteiger partial charge >= 0.3 is 5.97 Å². The molecule has 1 aromatic heterocycles. The van der Waals surface area contributed by atoms with Crippen LogP contribution in [0.4, 0.5) is 5.69 Å². The van der Waals surface area contributed by atoms with Crippen molar-refractivity contribution in [2.45, 2.75) is 40.3 Å². The van der Waals surface area contributed by atoms with E-state index >= 15 is 0 Å². The van der Waals surface area contributed by atoms with E-state index in [1.54, 1.807) is 11.9 Å². The third kappa shape index (κ3) is 4.93. The minimum atomic E-state index is -0.818. The predicted octanol–water partition coefficient (Wildman–Crippen LogP) is 8.08. The van der Waals surface area contributed by atoms with E-state index in [0.717, 1.165) is 57.9 Å². The fourth-order valence-corrected chi connectivity index (χ4v) is 6.81. The van der Waals surface area contributed by atoms with Gasteiger partial charge in [0.25, 0.3) is 0 Å². The van der Waals surface area contributed by atoms with Gasteiger partial charge in [0.05, 0.1) is 36.9 Å². The second-order valence-corrected chi connectivity index (χ2v) is 11.6. The topological polar surface area (TPSA) is 58.4 Å². The van der Waals surface area contributed by atoms with Gasteiger partial charge in [-0.1, -0.05) is 84.2 Å². The summed E-state index contributed by atoms with van der Waals surface area (Å²) in [6.07, 6.45) is 5.91. The molecule has 0 spiro atoms. The number of aryl methyl sites for hydroxylation is 1. The zero-order valence-corrected chi connectivity index (χ0v) is 24.6. The van der Waals surface area contributed by atoms with Crippen LogP contribution in [0.1, 0.15) is 33.4 Å². The van der Waals surface area contributed by atoms with Gasteiger partial charge in [0.2, 0.25) is 0 Å². The van der Waals surface area contributed by atoms with Crippen LogP contribution in [0.5, 0.6) is 0 Å². The molecule has 6 heteroatoms. The molecule has 0 fully saturated rings. The van der Waals surface area contributed by atoms with Crippen molar-refractivity contribution in [3.63, 3.8) is 0 Å². The van der Waals surface area contributed by atoms with Gasteiger partial charge in [-0.3, -0.25) is 4.79 Å². The fraction of sp³-hybridized carbons (Fsp3) is 0.200. The lowest BCUT2D eigenvalue weighted by atomic mass is 9.80. The standard InChI is InChI=1S/C35H33N3O2S/c1-22-10-12-26(13-11-22)33-24(3)34-30-16-27(31-18-36-21-37(31)19-25-8-6-5-7-9-25)14-15-28(30)20-38(41-4)35(34)23(2)29(33)17-32(39)40/h5-16,18,21H,17,19-20H2,1-4H3,(H,39,40). The molecule has 4 aromatic carbocycles. The first-order valence-corrected chi connectivity index (χ1v) is 15.0. The molecule has 1 aliphatic heterocycles. The molecule has 0 saturated heterocycles. The molecule has 41 heavy (non-hydrogen) atoms. The number of aromatic nitrogens is 2. The van der Waals surface area contributed by atoms with Crippen LogP contribution in [0.2, 0.25) is 0 Å². The van der Waals surface area contributed by atoms with Crippen LogP contribution in [0, 0.1) is 20.8 Å². The average Bonchev–Trinajstić information content (AvgIpc) is 3.43. The van der Waals surface area contributed by atoms with Crippen molar-refractivity contribution in [1.82, 2.24) is 9.55 Å². The van der Waals surface area contributed by atoms with E-state index in [0.29, 0.717) is 0 Å². The van der Waals surface area contributed by atoms with Gasteiger partial charge in [0.1, 0.15) is 0 Å². The molecule has 0 saturated carbocycles. The molecule has 6 rings (SSSR count). The molecular weight excluding hydrogens is 526 g/mol. The highest BCUT2D eigenvalue weighted by Gasteiger charge is 2.30. The van der Waals surface area contributed by atoms with Gasteiger partial charge in [-0.25, -0.2) is 4.98 Å². The van der Waals surface area contributed by atoms with E-state index in [1.165, 1.54) is 27.8 Å². The lowest BCUT2D eigenvalue weighted by molar-refractivity contribution is -0.136. The summed E-state index contributed by atoms with van der Waals surface area (Å²) >= 11 is 1.68. The predicted molar refractivity (Wildman–Crippen MR) is 169 cm³/mol. The maximum absolute atomic E-state index is 12.1. The molecule has 0 aliphatic carbocycles. The minimum Gasteiger partial charge on any atom is -0.481 e. The highest BCUT2D eigenvalue weighted by Crippen LogP contribution is 2.50. The van der Waals surface area contributed by atoms with Crippen LogP contribution in [0.25, 0.3) is 33.5 Å². The third-order valence-corrected chi connectivity index (χ3v) is 8.88. The molecule has 5 aromatic rings. The van der Waals surface area contributed by atoms with Gasteiger partial charge in [0.15, 0.2) is 0 Å². The van der Waals surface area contributed by atoms with Gasteiger partial charge in [-0.15, -0.1) is 0 Å². The molecule has 0 amide bonds. The van der Waals surface area contributed by atoms with Crippen LogP contribution in [0.15, 0.2) is 85.3 Å². The zero-order chi connectivity index (χ0) is 28.7. The summed E-state index contributed by atoms with van der Waals surface area (Å²) in [6.45, 7) is 7.81. The number of nitrogens with zero attached hydrogens (tertiary/aromatic N) is 3. The number of imidazole rings is 1. The first-order valence-electron chi connectivity index (χ1n) is 13.8. The Balaban J connectivity index is 1.56. The Kier molecular flexibility index (Phi) is 7.18. The number of aliphatic carboxylic acids is 1. The number of carboxylic acids is 1. The Bertz CT molecular complexity index is 1760. The van der Waals surface area contributed by atoms with E-state index in [4.69, 9.17) is 0 Å². The normalized spacial score (nSPS) is 12.2. The van der Waals surface area contributed by atoms with Crippen molar-refractivity contribution >= 4 is 23.6 Å². The Morgan fingerprint density at radius 3 is 2.37 bits per heavy atom. The average molecular weight is 560 g/mol. The quantitative estimate of drug-likeness (QED) is 0.204. The monoisotopic (exact) mass is 559 g/mol.